The van der Waals surface area contributed by atoms with Crippen molar-refractivity contribution in [3.8, 4) is 5.75 Å². The number of anilines is 1. The molecule has 0 fully saturated rings. The van der Waals surface area contributed by atoms with Crippen molar-refractivity contribution in [1.29, 1.82) is 0 Å². The van der Waals surface area contributed by atoms with Gasteiger partial charge in [0.05, 0.1) is 12.6 Å². The Balaban J connectivity index is 0.000000749. The van der Waals surface area contributed by atoms with E-state index < -0.39 is 7.82 Å². The van der Waals surface area contributed by atoms with Gasteiger partial charge in [0, 0.05) is 29.4 Å². The van der Waals surface area contributed by atoms with E-state index in [0.29, 0.717) is 6.04 Å². The van der Waals surface area contributed by atoms with Gasteiger partial charge in [-0.1, -0.05) is 13.8 Å². The summed E-state index contributed by atoms with van der Waals surface area (Å²) in [7, 11) is -2.95. The molecule has 29 heavy (non-hydrogen) atoms. The number of phosphoric acid groups is 1. The molecule has 2 aromatic rings. The Morgan fingerprint density at radius 1 is 1.24 bits per heavy atom. The average Bonchev–Trinajstić information content (AvgIpc) is 2.66. The molecule has 0 aliphatic rings. The summed E-state index contributed by atoms with van der Waals surface area (Å²) >= 11 is 0. The van der Waals surface area contributed by atoms with Gasteiger partial charge in [-0.25, -0.2) is 4.57 Å². The Hall–Kier alpha value is -1.70. The lowest BCUT2D eigenvalue weighted by Gasteiger charge is -2.21. The minimum absolute atomic E-state index is 0.437. The van der Waals surface area contributed by atoms with Gasteiger partial charge in [-0.15, -0.1) is 0 Å². The second kappa shape index (κ2) is 12.1. The van der Waals surface area contributed by atoms with Crippen LogP contribution in [0.5, 0.6) is 5.75 Å². The van der Waals surface area contributed by atoms with Gasteiger partial charge in [0.2, 0.25) is 0 Å². The largest absolute Gasteiger partial charge is 0.497 e. The first-order valence-corrected chi connectivity index (χ1v) is 11.4. The third kappa shape index (κ3) is 9.56. The standard InChI is InChI=1S/C20H31N3O.H3O4P/c1-6-23(7-2)12-8-9-16(4)22-20-15(3)14-21-19-13-17(24-5)10-11-18(19)20;1-5(2,3)4/h10-11,13-14,16H,6-9,12H2,1-5H3,(H,21,22);(H3,1,2,3,4). The lowest BCUT2D eigenvalue weighted by Crippen LogP contribution is -2.25. The predicted octanol–water partition coefficient (Wildman–Crippen LogP) is 3.55. The van der Waals surface area contributed by atoms with E-state index in [1.807, 2.05) is 18.3 Å². The summed E-state index contributed by atoms with van der Waals surface area (Å²) in [4.78, 5) is 28.6. The molecule has 4 N–H and O–H groups in total. The summed E-state index contributed by atoms with van der Waals surface area (Å²) in [6.45, 7) is 12.3. The van der Waals surface area contributed by atoms with Gasteiger partial charge >= 0.3 is 7.82 Å². The van der Waals surface area contributed by atoms with Gasteiger partial charge in [0.1, 0.15) is 5.75 Å². The van der Waals surface area contributed by atoms with E-state index in [4.69, 9.17) is 24.0 Å². The van der Waals surface area contributed by atoms with E-state index in [1.165, 1.54) is 24.2 Å². The minimum Gasteiger partial charge on any atom is -0.497 e. The lowest BCUT2D eigenvalue weighted by molar-refractivity contribution is 0.275. The Kier molecular flexibility index (Phi) is 10.6. The van der Waals surface area contributed by atoms with Crippen molar-refractivity contribution < 1.29 is 24.0 Å². The maximum Gasteiger partial charge on any atom is 0.466 e. The molecule has 0 aliphatic carbocycles. The number of nitrogens with one attached hydrogen (secondary N) is 1. The zero-order chi connectivity index (χ0) is 22.0. The molecular formula is C20H34N3O5P. The number of benzene rings is 1. The monoisotopic (exact) mass is 427 g/mol. The van der Waals surface area contributed by atoms with Gasteiger partial charge in [0.15, 0.2) is 0 Å². The fraction of sp³-hybridized carbons (Fsp3) is 0.550. The third-order valence-corrected chi connectivity index (χ3v) is 4.66. The molecule has 0 radical (unpaired) electrons. The van der Waals surface area contributed by atoms with Crippen LogP contribution in [0.25, 0.3) is 10.9 Å². The van der Waals surface area contributed by atoms with Crippen molar-refractivity contribution in [2.45, 2.75) is 46.6 Å². The maximum absolute atomic E-state index is 8.88. The molecule has 0 aliphatic heterocycles. The number of nitrogens with zero attached hydrogens (tertiary/aromatic N) is 2. The summed E-state index contributed by atoms with van der Waals surface area (Å²) in [6, 6.07) is 6.52. The molecule has 8 nitrogen and oxygen atoms in total. The smallest absolute Gasteiger partial charge is 0.466 e. The fourth-order valence-electron chi connectivity index (χ4n) is 3.07. The van der Waals surface area contributed by atoms with Crippen molar-refractivity contribution in [2.24, 2.45) is 0 Å². The van der Waals surface area contributed by atoms with Crippen molar-refractivity contribution in [1.82, 2.24) is 9.88 Å². The van der Waals surface area contributed by atoms with E-state index >= 15 is 0 Å². The molecule has 1 aromatic heterocycles. The van der Waals surface area contributed by atoms with Crippen LogP contribution in [-0.2, 0) is 4.57 Å². The van der Waals surface area contributed by atoms with Crippen molar-refractivity contribution in [2.75, 3.05) is 32.1 Å². The second-order valence-electron chi connectivity index (χ2n) is 6.93. The van der Waals surface area contributed by atoms with Gasteiger partial charge in [-0.3, -0.25) is 4.98 Å². The van der Waals surface area contributed by atoms with Crippen LogP contribution in [0, 0.1) is 6.92 Å². The second-order valence-corrected chi connectivity index (χ2v) is 7.95. The van der Waals surface area contributed by atoms with Crippen molar-refractivity contribution in [3.05, 3.63) is 30.0 Å². The zero-order valence-corrected chi connectivity index (χ0v) is 18.8. The molecule has 2 rings (SSSR count). The summed E-state index contributed by atoms with van der Waals surface area (Å²) in [6.07, 6.45) is 4.31. The summed E-state index contributed by atoms with van der Waals surface area (Å²) < 4.78 is 14.2. The van der Waals surface area contributed by atoms with Crippen LogP contribution in [0.2, 0.25) is 0 Å². The highest BCUT2D eigenvalue weighted by Gasteiger charge is 2.10. The SMILES string of the molecule is CCN(CC)CCCC(C)Nc1c(C)cnc2cc(OC)ccc12.O=P(O)(O)O. The van der Waals surface area contributed by atoms with Gasteiger partial charge < -0.3 is 29.6 Å². The number of aromatic nitrogens is 1. The first kappa shape index (κ1) is 25.3. The molecule has 164 valence electrons. The molecule has 1 heterocycles. The Bertz CT molecular complexity index is 800. The zero-order valence-electron chi connectivity index (χ0n) is 17.9. The van der Waals surface area contributed by atoms with E-state index in [9.17, 15) is 0 Å². The molecule has 1 unspecified atom stereocenters. The number of aryl methyl sites for hydroxylation is 1. The molecule has 0 saturated heterocycles. The highest BCUT2D eigenvalue weighted by molar-refractivity contribution is 7.45. The van der Waals surface area contributed by atoms with E-state index in [1.54, 1.807) is 7.11 Å². The number of pyridine rings is 1. The van der Waals surface area contributed by atoms with E-state index in [-0.39, 0.29) is 0 Å². The molecule has 1 atom stereocenters. The predicted molar refractivity (Wildman–Crippen MR) is 117 cm³/mol. The first-order chi connectivity index (χ1) is 13.6. The van der Waals surface area contributed by atoms with Crippen LogP contribution in [0.1, 0.15) is 39.2 Å². The number of hydrogen-bond acceptors (Lipinski definition) is 5. The topological polar surface area (TPSA) is 115 Å². The highest BCUT2D eigenvalue weighted by Crippen LogP contribution is 2.29. The molecule has 0 amide bonds. The van der Waals surface area contributed by atoms with E-state index in [0.717, 1.165) is 36.2 Å². The van der Waals surface area contributed by atoms with Gasteiger partial charge in [-0.2, -0.15) is 0 Å². The molecule has 0 saturated carbocycles. The lowest BCUT2D eigenvalue weighted by atomic mass is 10.1. The summed E-state index contributed by atoms with van der Waals surface area (Å²) in [5.74, 6) is 0.845. The molecule has 0 bridgehead atoms. The average molecular weight is 427 g/mol. The van der Waals surface area contributed by atoms with Crippen molar-refractivity contribution in [3.63, 3.8) is 0 Å². The van der Waals surface area contributed by atoms with Gasteiger partial charge in [-0.05, 0) is 64.0 Å². The maximum atomic E-state index is 8.88. The molecule has 0 spiro atoms. The fourth-order valence-corrected chi connectivity index (χ4v) is 3.07. The Labute approximate surface area is 173 Å². The van der Waals surface area contributed by atoms with Crippen LogP contribution in [0.3, 0.4) is 0 Å². The molecule has 9 heteroatoms. The normalized spacial score (nSPS) is 12.4. The number of methoxy groups -OCH3 is 1. The molecule has 1 aromatic carbocycles. The number of hydrogen-bond donors (Lipinski definition) is 4. The first-order valence-electron chi connectivity index (χ1n) is 9.79. The minimum atomic E-state index is -4.64. The highest BCUT2D eigenvalue weighted by atomic mass is 31.2. The summed E-state index contributed by atoms with van der Waals surface area (Å²) in [5, 5.41) is 4.86. The third-order valence-electron chi connectivity index (χ3n) is 4.66. The van der Waals surface area contributed by atoms with Crippen LogP contribution < -0.4 is 10.1 Å². The quantitative estimate of drug-likeness (QED) is 0.449. The van der Waals surface area contributed by atoms with Crippen LogP contribution in [0.4, 0.5) is 5.69 Å². The van der Waals surface area contributed by atoms with Crippen LogP contribution >= 0.6 is 7.82 Å². The molecular weight excluding hydrogens is 393 g/mol. The Morgan fingerprint density at radius 2 is 1.86 bits per heavy atom. The van der Waals surface area contributed by atoms with Crippen molar-refractivity contribution >= 4 is 24.4 Å². The van der Waals surface area contributed by atoms with E-state index in [2.05, 4.69) is 49.0 Å². The summed E-state index contributed by atoms with van der Waals surface area (Å²) in [5.41, 5.74) is 3.35. The van der Waals surface area contributed by atoms with Gasteiger partial charge in [0.25, 0.3) is 0 Å². The Morgan fingerprint density at radius 3 is 2.41 bits per heavy atom. The number of rotatable bonds is 9. The van der Waals surface area contributed by atoms with Crippen LogP contribution in [-0.4, -0.2) is 57.4 Å². The number of fused-ring (bicyclic) bond motifs is 1. The van der Waals surface area contributed by atoms with Crippen LogP contribution in [0.15, 0.2) is 24.4 Å². The number of ether oxygens (including phenoxy) is 1.